The molecule has 2 aromatic heterocycles. The van der Waals surface area contributed by atoms with Gasteiger partial charge in [0, 0.05) is 43.3 Å². The molecule has 10 nitrogen and oxygen atoms in total. The van der Waals surface area contributed by atoms with Gasteiger partial charge in [-0.15, -0.1) is 0 Å². The van der Waals surface area contributed by atoms with E-state index in [2.05, 4.69) is 35.9 Å². The molecule has 0 aliphatic rings. The molecule has 0 spiro atoms. The van der Waals surface area contributed by atoms with Crippen LogP contribution in [-0.2, 0) is 4.79 Å². The number of nitrogens with zero attached hydrogens (tertiary/aromatic N) is 4. The summed E-state index contributed by atoms with van der Waals surface area (Å²) in [6.07, 6.45) is 4.96. The smallest absolute Gasteiger partial charge is 1.00 e. The third-order valence-electron chi connectivity index (χ3n) is 7.28. The van der Waals surface area contributed by atoms with E-state index in [1.165, 1.54) is 6.20 Å². The number of rotatable bonds is 13. The SMILES string of the molecule is CC(C)CC(=O)Cl.CC(C)CC(=O)c1cnc(Oc2ccc(F)cc2F)nc1Oc1ccc(F)cc1F.C[CH-]C.Fc1ccc(Oc2ncc(Br)c(Oc3ccc(F)cc3F)n2)c(F)c1.[Cl-].[Mg+2]. The minimum Gasteiger partial charge on any atom is -1.00 e. The van der Waals surface area contributed by atoms with Gasteiger partial charge in [-0.25, -0.2) is 45.1 Å². The van der Waals surface area contributed by atoms with Crippen LogP contribution in [0.1, 0.15) is 64.7 Å². The minimum absolute atomic E-state index is 0. The standard InChI is InChI=1S/C21H16F4N2O3.C16H7BrF4N2O2.C5H9ClO.C3H7.ClH.Mg/c1-11(2)7-17(28)14-10-26-21(30-19-6-4-13(23)9-16(19)25)27-20(14)29-18-5-3-12(22)8-15(18)24;17-10-7-22-16(25-14-4-2-9(19)6-12(14)21)23-15(10)24-13-3-1-8(18)5-11(13)20;1-4(2)3-5(6)7;1-3-2;;/h3-6,8-11H,7H2,1-2H3;1-7H;4H,3H2,1-2H3;3H,1-2H3;1H;/q;;;-1;;+2/p-1. The first-order chi connectivity index (χ1) is 30.7. The van der Waals surface area contributed by atoms with Gasteiger partial charge in [0.05, 0.1) is 16.2 Å². The van der Waals surface area contributed by atoms with Gasteiger partial charge in [-0.3, -0.25) is 9.59 Å². The van der Waals surface area contributed by atoms with Gasteiger partial charge < -0.3 is 37.8 Å². The molecule has 0 bridgehead atoms. The second-order valence-corrected chi connectivity index (χ2v) is 15.2. The van der Waals surface area contributed by atoms with Crippen molar-refractivity contribution in [3.8, 4) is 46.8 Å². The molecule has 0 N–H and O–H groups in total. The number of carbonyl (C=O) groups excluding carboxylic acids is 2. The third kappa shape index (κ3) is 20.7. The molecule has 0 saturated heterocycles. The zero-order chi connectivity index (χ0) is 48.4. The first kappa shape index (κ1) is 59.9. The number of ether oxygens (including phenoxy) is 4. The van der Waals surface area contributed by atoms with E-state index < -0.39 is 52.5 Å². The second kappa shape index (κ2) is 29.6. The summed E-state index contributed by atoms with van der Waals surface area (Å²) in [5.41, 5.74) is -0.0562. The van der Waals surface area contributed by atoms with Crippen molar-refractivity contribution in [3.05, 3.63) is 148 Å². The van der Waals surface area contributed by atoms with Crippen LogP contribution in [-0.4, -0.2) is 54.0 Å². The third-order valence-corrected chi connectivity index (χ3v) is 7.97. The summed E-state index contributed by atoms with van der Waals surface area (Å²) in [5, 5.41) is -0.241. The van der Waals surface area contributed by atoms with E-state index in [-0.39, 0.29) is 110 Å². The predicted octanol–water partition coefficient (Wildman–Crippen LogP) is 10.9. The number of halogens is 11. The predicted molar refractivity (Wildman–Crippen MR) is 233 cm³/mol. The quantitative estimate of drug-likeness (QED) is 0.0363. The summed E-state index contributed by atoms with van der Waals surface area (Å²) in [4.78, 5) is 38.0. The zero-order valence-corrected chi connectivity index (χ0v) is 40.8. The molecule has 6 rings (SSSR count). The molecule has 354 valence electrons. The van der Waals surface area contributed by atoms with Crippen molar-refractivity contribution in [1.82, 2.24) is 19.9 Å². The van der Waals surface area contributed by atoms with Crippen LogP contribution in [0.25, 0.3) is 0 Å². The molecular weight excluding hydrogens is 1020 g/mol. The van der Waals surface area contributed by atoms with Crippen molar-refractivity contribution < 1.29 is 76.1 Å². The number of aromatic nitrogens is 4. The second-order valence-electron chi connectivity index (χ2n) is 13.9. The molecule has 0 radical (unpaired) electrons. The maximum atomic E-state index is 14.0. The summed E-state index contributed by atoms with van der Waals surface area (Å²) in [6.45, 7) is 11.6. The Labute approximate surface area is 416 Å². The number of Topliss-reactive ketones (excluding diaryl/α,β-unsaturated/α-hetero) is 1. The van der Waals surface area contributed by atoms with Crippen LogP contribution in [0.15, 0.2) is 89.7 Å². The van der Waals surface area contributed by atoms with Gasteiger partial charge in [-0.1, -0.05) is 27.7 Å². The Balaban J connectivity index is 0.000000549. The van der Waals surface area contributed by atoms with Crippen molar-refractivity contribution in [3.63, 3.8) is 0 Å². The molecule has 4 aromatic carbocycles. The molecule has 0 aliphatic heterocycles. The average molecular weight is 1060 g/mol. The molecule has 0 amide bonds. The number of hydrogen-bond acceptors (Lipinski definition) is 10. The van der Waals surface area contributed by atoms with E-state index >= 15 is 0 Å². The van der Waals surface area contributed by atoms with Crippen molar-refractivity contribution in [2.75, 3.05) is 0 Å². The van der Waals surface area contributed by atoms with E-state index in [0.717, 1.165) is 54.7 Å². The van der Waals surface area contributed by atoms with Crippen LogP contribution in [0.3, 0.4) is 0 Å². The number of benzene rings is 4. The van der Waals surface area contributed by atoms with E-state index in [9.17, 15) is 44.7 Å². The van der Waals surface area contributed by atoms with Gasteiger partial charge in [0.15, 0.2) is 52.1 Å². The van der Waals surface area contributed by atoms with E-state index in [4.69, 9.17) is 30.5 Å². The van der Waals surface area contributed by atoms with Gasteiger partial charge in [-0.2, -0.15) is 23.8 Å². The zero-order valence-electron chi connectivity index (χ0n) is 36.3. The molecule has 2 heterocycles. The number of hydrogen-bond donors (Lipinski definition) is 0. The van der Waals surface area contributed by atoms with Gasteiger partial charge in [0.2, 0.25) is 17.0 Å². The van der Waals surface area contributed by atoms with Crippen molar-refractivity contribution in [2.24, 2.45) is 11.8 Å². The number of carbonyl (C=O) groups is 2. The van der Waals surface area contributed by atoms with Gasteiger partial charge in [0.1, 0.15) is 23.3 Å². The molecule has 0 atom stereocenters. The summed E-state index contributed by atoms with van der Waals surface area (Å²) in [7, 11) is 0. The molecule has 0 unspecified atom stereocenters. The van der Waals surface area contributed by atoms with Crippen molar-refractivity contribution in [2.45, 2.75) is 54.4 Å². The largest absolute Gasteiger partial charge is 2.00 e. The van der Waals surface area contributed by atoms with Crippen LogP contribution in [0.5, 0.6) is 46.8 Å². The van der Waals surface area contributed by atoms with Crippen LogP contribution in [0.2, 0.25) is 0 Å². The van der Waals surface area contributed by atoms with Gasteiger partial charge >= 0.3 is 35.1 Å². The van der Waals surface area contributed by atoms with Crippen molar-refractivity contribution in [1.29, 1.82) is 0 Å². The fourth-order valence-electron chi connectivity index (χ4n) is 4.56. The Morgan fingerprint density at radius 2 is 0.910 bits per heavy atom. The molecule has 0 saturated carbocycles. The Morgan fingerprint density at radius 1 is 0.582 bits per heavy atom. The normalized spacial score (nSPS) is 10.1. The van der Waals surface area contributed by atoms with Crippen LogP contribution in [0.4, 0.5) is 35.1 Å². The van der Waals surface area contributed by atoms with Crippen LogP contribution < -0.4 is 31.4 Å². The summed E-state index contributed by atoms with van der Waals surface area (Å²) in [6, 6.07) is 9.95. The van der Waals surface area contributed by atoms with Crippen LogP contribution in [0, 0.1) is 64.8 Å². The summed E-state index contributed by atoms with van der Waals surface area (Å²) < 4.78 is 128. The van der Waals surface area contributed by atoms with E-state index in [1.807, 2.05) is 48.0 Å². The summed E-state index contributed by atoms with van der Waals surface area (Å²) in [5.74, 6) is -8.81. The van der Waals surface area contributed by atoms with Crippen molar-refractivity contribution >= 4 is 61.6 Å². The average Bonchev–Trinajstić information content (AvgIpc) is 3.20. The van der Waals surface area contributed by atoms with E-state index in [0.29, 0.717) is 36.6 Å². The molecule has 0 fully saturated rings. The van der Waals surface area contributed by atoms with Gasteiger partial charge in [-0.05, 0) is 87.9 Å². The topological polar surface area (TPSA) is 123 Å². The fourth-order valence-corrected chi connectivity index (χ4v) is 5.15. The Morgan fingerprint density at radius 3 is 1.24 bits per heavy atom. The van der Waals surface area contributed by atoms with Gasteiger partial charge in [0.25, 0.3) is 0 Å². The molecule has 67 heavy (non-hydrogen) atoms. The minimum atomic E-state index is -1.01. The number of ketones is 1. The molecule has 22 heteroatoms. The first-order valence-corrected chi connectivity index (χ1v) is 20.2. The Bertz CT molecular complexity index is 2570. The van der Waals surface area contributed by atoms with Crippen LogP contribution >= 0.6 is 27.5 Å². The first-order valence-electron chi connectivity index (χ1n) is 19.1. The fraction of sp³-hybridized carbons (Fsp3) is 0.222. The summed E-state index contributed by atoms with van der Waals surface area (Å²) >= 11 is 8.14. The molecule has 6 aromatic rings. The maximum Gasteiger partial charge on any atom is 2.00 e. The maximum absolute atomic E-state index is 14.0. The Hall–Kier alpha value is -5.15. The monoisotopic (exact) mass is 1060 g/mol. The molecular formula is C45H39BrCl2F8MgN4O6. The van der Waals surface area contributed by atoms with E-state index in [1.54, 1.807) is 0 Å². The Kier molecular flexibility index (Phi) is 26.4. The molecule has 0 aliphatic carbocycles.